The summed E-state index contributed by atoms with van der Waals surface area (Å²) < 4.78 is 10.6. The minimum atomic E-state index is 0.860. The molecule has 0 amide bonds. The number of hydrogen-bond donors (Lipinski definition) is 1. The van der Waals surface area contributed by atoms with Crippen molar-refractivity contribution in [1.82, 2.24) is 0 Å². The summed E-state index contributed by atoms with van der Waals surface area (Å²) in [4.78, 5) is 0. The Kier molecular flexibility index (Phi) is 3.62. The summed E-state index contributed by atoms with van der Waals surface area (Å²) in [6, 6.07) is 15.8. The van der Waals surface area contributed by atoms with E-state index in [1.54, 1.807) is 14.2 Å². The molecular weight excluding hydrogens is 214 g/mol. The van der Waals surface area contributed by atoms with Crippen LogP contribution in [0.15, 0.2) is 48.5 Å². The molecule has 2 aromatic carbocycles. The molecule has 0 aliphatic rings. The average molecular weight is 230 g/mol. The first-order chi connectivity index (χ1) is 8.35. The molecule has 0 bridgehead atoms. The van der Waals surface area contributed by atoms with Gasteiger partial charge in [0.1, 0.15) is 0 Å². The third-order valence-corrected chi connectivity index (χ3v) is 2.59. The lowest BCUT2D eigenvalue weighted by atomic mass is 10.2. The highest BCUT2D eigenvalue weighted by Gasteiger charge is 2.10. The number of hydrogen-bond acceptors (Lipinski definition) is 2. The second-order valence-electron chi connectivity index (χ2n) is 3.63. The summed E-state index contributed by atoms with van der Waals surface area (Å²) in [7, 11) is 3.35. The van der Waals surface area contributed by atoms with Gasteiger partial charge >= 0.3 is 0 Å². The summed E-state index contributed by atoms with van der Waals surface area (Å²) in [5, 5.41) is 2.05. The number of rotatable bonds is 4. The van der Waals surface area contributed by atoms with Crippen LogP contribution in [-0.2, 0) is 0 Å². The lowest BCUT2D eigenvalue weighted by Crippen LogP contribution is -2.71. The van der Waals surface area contributed by atoms with Gasteiger partial charge in [0, 0.05) is 12.1 Å². The Bertz CT molecular complexity index is 452. The first-order valence-corrected chi connectivity index (χ1v) is 5.46. The Balaban J connectivity index is 2.31. The number of benzene rings is 2. The van der Waals surface area contributed by atoms with Crippen LogP contribution in [0, 0.1) is 0 Å². The van der Waals surface area contributed by atoms with Gasteiger partial charge in [0.25, 0.3) is 0 Å². The van der Waals surface area contributed by atoms with Crippen LogP contribution in [0.25, 0.3) is 0 Å². The zero-order valence-corrected chi connectivity index (χ0v) is 10.0. The highest BCUT2D eigenvalue weighted by atomic mass is 16.5. The lowest BCUT2D eigenvalue weighted by Gasteiger charge is -2.08. The number of quaternary nitrogens is 1. The smallest absolute Gasteiger partial charge is 0.180 e. The van der Waals surface area contributed by atoms with Gasteiger partial charge in [-0.3, -0.25) is 5.32 Å². The maximum Gasteiger partial charge on any atom is 0.180 e. The fraction of sp³-hybridized carbons (Fsp3) is 0.143. The molecule has 3 heteroatoms. The van der Waals surface area contributed by atoms with Gasteiger partial charge in [0.2, 0.25) is 0 Å². The summed E-state index contributed by atoms with van der Waals surface area (Å²) >= 11 is 0. The standard InChI is InChI=1S/C14H15NO2/c1-16-13-9-5-3-7-11(13)15-12-8-4-6-10-14(12)17-2/h3-10,15H,1-2H3/p+1. The zero-order valence-electron chi connectivity index (χ0n) is 10.0. The first kappa shape index (κ1) is 11.5. The molecular formula is C14H16NO2+. The van der Waals surface area contributed by atoms with Gasteiger partial charge in [-0.25, -0.2) is 0 Å². The molecule has 2 rings (SSSR count). The number of ether oxygens (including phenoxy) is 2. The van der Waals surface area contributed by atoms with Gasteiger partial charge in [-0.2, -0.15) is 0 Å². The van der Waals surface area contributed by atoms with Crippen molar-refractivity contribution in [3.8, 4) is 11.5 Å². The van der Waals surface area contributed by atoms with Crippen LogP contribution in [-0.4, -0.2) is 14.2 Å². The molecule has 2 aromatic rings. The monoisotopic (exact) mass is 230 g/mol. The van der Waals surface area contributed by atoms with Crippen molar-refractivity contribution in [2.24, 2.45) is 0 Å². The predicted octanol–water partition coefficient (Wildman–Crippen LogP) is 2.23. The molecule has 17 heavy (non-hydrogen) atoms. The van der Waals surface area contributed by atoms with E-state index < -0.39 is 0 Å². The fourth-order valence-corrected chi connectivity index (χ4v) is 1.74. The van der Waals surface area contributed by atoms with Gasteiger partial charge in [-0.05, 0) is 12.1 Å². The van der Waals surface area contributed by atoms with Crippen molar-refractivity contribution in [3.63, 3.8) is 0 Å². The molecule has 2 N–H and O–H groups in total. The molecule has 0 unspecified atom stereocenters. The quantitative estimate of drug-likeness (QED) is 0.817. The topological polar surface area (TPSA) is 35.1 Å². The number of nitrogens with two attached hydrogens (primary N) is 1. The van der Waals surface area contributed by atoms with Crippen LogP contribution < -0.4 is 14.8 Å². The van der Waals surface area contributed by atoms with Crippen molar-refractivity contribution >= 4 is 11.4 Å². The van der Waals surface area contributed by atoms with E-state index in [4.69, 9.17) is 9.47 Å². The second kappa shape index (κ2) is 5.37. The molecule has 0 saturated carbocycles. The molecule has 0 fully saturated rings. The third-order valence-electron chi connectivity index (χ3n) is 2.59. The van der Waals surface area contributed by atoms with E-state index in [9.17, 15) is 0 Å². The molecule has 0 aliphatic carbocycles. The maximum atomic E-state index is 5.32. The lowest BCUT2D eigenvalue weighted by molar-refractivity contribution is -0.480. The largest absolute Gasteiger partial charge is 0.491 e. The Morgan fingerprint density at radius 2 is 1.12 bits per heavy atom. The van der Waals surface area contributed by atoms with Gasteiger partial charge in [-0.1, -0.05) is 24.3 Å². The molecule has 3 nitrogen and oxygen atoms in total. The summed E-state index contributed by atoms with van der Waals surface area (Å²) in [5.41, 5.74) is 2.08. The highest BCUT2D eigenvalue weighted by Crippen LogP contribution is 2.23. The van der Waals surface area contributed by atoms with Gasteiger partial charge in [0.15, 0.2) is 22.9 Å². The van der Waals surface area contributed by atoms with Crippen LogP contribution in [0.5, 0.6) is 11.5 Å². The van der Waals surface area contributed by atoms with Crippen LogP contribution in [0.4, 0.5) is 11.4 Å². The van der Waals surface area contributed by atoms with Crippen LogP contribution in [0.3, 0.4) is 0 Å². The zero-order chi connectivity index (χ0) is 12.1. The first-order valence-electron chi connectivity index (χ1n) is 5.46. The van der Waals surface area contributed by atoms with E-state index >= 15 is 0 Å². The number of para-hydroxylation sites is 4. The molecule has 0 saturated heterocycles. The molecule has 0 heterocycles. The normalized spacial score (nSPS) is 10.0. The Hall–Kier alpha value is -2.00. The highest BCUT2D eigenvalue weighted by molar-refractivity contribution is 5.51. The maximum absolute atomic E-state index is 5.32. The van der Waals surface area contributed by atoms with Crippen molar-refractivity contribution in [1.29, 1.82) is 0 Å². The number of methoxy groups -OCH3 is 2. The van der Waals surface area contributed by atoms with Crippen LogP contribution in [0.1, 0.15) is 0 Å². The van der Waals surface area contributed by atoms with E-state index in [2.05, 4.69) is 5.32 Å². The minimum Gasteiger partial charge on any atom is -0.491 e. The van der Waals surface area contributed by atoms with Crippen molar-refractivity contribution in [2.75, 3.05) is 14.2 Å². The van der Waals surface area contributed by atoms with Gasteiger partial charge < -0.3 is 9.47 Å². The van der Waals surface area contributed by atoms with Crippen molar-refractivity contribution < 1.29 is 14.8 Å². The SMILES string of the molecule is COc1ccccc1[NH2+]c1ccccc1OC. The Labute approximate surface area is 101 Å². The Morgan fingerprint density at radius 1 is 0.706 bits per heavy atom. The van der Waals surface area contributed by atoms with Gasteiger partial charge in [-0.15, -0.1) is 0 Å². The van der Waals surface area contributed by atoms with E-state index in [-0.39, 0.29) is 0 Å². The van der Waals surface area contributed by atoms with E-state index in [0.717, 1.165) is 22.9 Å². The summed E-state index contributed by atoms with van der Waals surface area (Å²) in [6.45, 7) is 0. The fourth-order valence-electron chi connectivity index (χ4n) is 1.74. The summed E-state index contributed by atoms with van der Waals surface area (Å²) in [5.74, 6) is 1.72. The van der Waals surface area contributed by atoms with E-state index in [1.165, 1.54) is 0 Å². The van der Waals surface area contributed by atoms with Crippen molar-refractivity contribution in [3.05, 3.63) is 48.5 Å². The average Bonchev–Trinajstić information content (AvgIpc) is 2.40. The Morgan fingerprint density at radius 3 is 1.53 bits per heavy atom. The third kappa shape index (κ3) is 2.57. The molecule has 0 aliphatic heterocycles. The van der Waals surface area contributed by atoms with Gasteiger partial charge in [0.05, 0.1) is 14.2 Å². The van der Waals surface area contributed by atoms with E-state index in [0.29, 0.717) is 0 Å². The predicted molar refractivity (Wildman–Crippen MR) is 67.2 cm³/mol. The molecule has 88 valence electrons. The van der Waals surface area contributed by atoms with E-state index in [1.807, 2.05) is 48.5 Å². The second-order valence-corrected chi connectivity index (χ2v) is 3.63. The van der Waals surface area contributed by atoms with Crippen LogP contribution in [0.2, 0.25) is 0 Å². The molecule has 0 atom stereocenters. The van der Waals surface area contributed by atoms with Crippen molar-refractivity contribution in [2.45, 2.75) is 0 Å². The molecule has 0 spiro atoms. The summed E-state index contributed by atoms with van der Waals surface area (Å²) in [6.07, 6.45) is 0. The molecule has 0 radical (unpaired) electrons. The van der Waals surface area contributed by atoms with Crippen LogP contribution >= 0.6 is 0 Å². The molecule has 0 aromatic heterocycles. The minimum absolute atomic E-state index is 0.860.